The Kier molecular flexibility index (Phi) is 6.27. The van der Waals surface area contributed by atoms with E-state index >= 15 is 0 Å². The molecule has 4 heteroatoms. The van der Waals surface area contributed by atoms with E-state index in [0.29, 0.717) is 18.3 Å². The summed E-state index contributed by atoms with van der Waals surface area (Å²) in [7, 11) is 0. The van der Waals surface area contributed by atoms with E-state index in [9.17, 15) is 4.79 Å². The van der Waals surface area contributed by atoms with Gasteiger partial charge in [-0.25, -0.2) is 4.98 Å². The van der Waals surface area contributed by atoms with E-state index in [2.05, 4.69) is 62.3 Å². The van der Waals surface area contributed by atoms with Crippen molar-refractivity contribution in [1.82, 2.24) is 4.98 Å². The molecule has 1 heterocycles. The van der Waals surface area contributed by atoms with Gasteiger partial charge in [0.2, 0.25) is 5.91 Å². The van der Waals surface area contributed by atoms with Gasteiger partial charge in [-0.3, -0.25) is 4.79 Å². The van der Waals surface area contributed by atoms with Crippen LogP contribution in [0.2, 0.25) is 0 Å². The number of nitrogens with zero attached hydrogens (tertiary/aromatic N) is 1. The van der Waals surface area contributed by atoms with E-state index in [1.807, 2.05) is 18.2 Å². The van der Waals surface area contributed by atoms with Crippen molar-refractivity contribution in [2.45, 2.75) is 58.8 Å². The maximum atomic E-state index is 12.6. The van der Waals surface area contributed by atoms with Gasteiger partial charge in [0, 0.05) is 12.1 Å². The molecule has 0 fully saturated rings. The van der Waals surface area contributed by atoms with E-state index in [-0.39, 0.29) is 5.91 Å². The summed E-state index contributed by atoms with van der Waals surface area (Å²) in [5.41, 5.74) is 4.48. The smallest absolute Gasteiger partial charge is 0.224 e. The molecular formula is C23H28N2OS. The highest BCUT2D eigenvalue weighted by atomic mass is 32.1. The van der Waals surface area contributed by atoms with Gasteiger partial charge in [-0.15, -0.1) is 11.3 Å². The zero-order valence-electron chi connectivity index (χ0n) is 16.6. The van der Waals surface area contributed by atoms with Gasteiger partial charge in [0.05, 0.1) is 15.2 Å². The van der Waals surface area contributed by atoms with E-state index in [1.165, 1.54) is 15.8 Å². The predicted octanol–water partition coefficient (Wildman–Crippen LogP) is 6.50. The van der Waals surface area contributed by atoms with E-state index < -0.39 is 0 Å². The van der Waals surface area contributed by atoms with Crippen LogP contribution in [0.4, 0.5) is 5.69 Å². The van der Waals surface area contributed by atoms with Gasteiger partial charge in [0.25, 0.3) is 0 Å². The van der Waals surface area contributed by atoms with Crippen LogP contribution >= 0.6 is 11.3 Å². The number of rotatable bonds is 7. The van der Waals surface area contributed by atoms with Crippen LogP contribution in [0.1, 0.15) is 68.5 Å². The predicted molar refractivity (Wildman–Crippen MR) is 116 cm³/mol. The van der Waals surface area contributed by atoms with Crippen LogP contribution < -0.4 is 5.32 Å². The molecule has 0 saturated carbocycles. The highest BCUT2D eigenvalue weighted by Gasteiger charge is 2.16. The minimum Gasteiger partial charge on any atom is -0.326 e. The van der Waals surface area contributed by atoms with Crippen LogP contribution in [0.5, 0.6) is 0 Å². The third-order valence-electron chi connectivity index (χ3n) is 4.77. The summed E-state index contributed by atoms with van der Waals surface area (Å²) < 4.78 is 1.21. The minimum atomic E-state index is 0.0890. The van der Waals surface area contributed by atoms with Crippen LogP contribution in [-0.2, 0) is 11.2 Å². The van der Waals surface area contributed by atoms with Gasteiger partial charge in [-0.05, 0) is 47.9 Å². The maximum Gasteiger partial charge on any atom is 0.224 e. The van der Waals surface area contributed by atoms with Crippen molar-refractivity contribution in [2.24, 2.45) is 0 Å². The Morgan fingerprint density at radius 1 is 1.00 bits per heavy atom. The van der Waals surface area contributed by atoms with Crippen LogP contribution in [0.3, 0.4) is 0 Å². The summed E-state index contributed by atoms with van der Waals surface area (Å²) >= 11 is 1.72. The molecule has 0 aliphatic carbocycles. The number of amides is 1. The summed E-state index contributed by atoms with van der Waals surface area (Å²) in [5.74, 6) is 0.842. The highest BCUT2D eigenvalue weighted by molar-refractivity contribution is 7.18. The quantitative estimate of drug-likeness (QED) is 0.508. The van der Waals surface area contributed by atoms with Crippen LogP contribution in [0.25, 0.3) is 10.2 Å². The summed E-state index contributed by atoms with van der Waals surface area (Å²) in [4.78, 5) is 17.3. The fraction of sp³-hybridized carbons (Fsp3) is 0.391. The number of para-hydroxylation sites is 2. The Morgan fingerprint density at radius 2 is 1.67 bits per heavy atom. The lowest BCUT2D eigenvalue weighted by Gasteiger charge is -2.20. The van der Waals surface area contributed by atoms with Crippen LogP contribution in [0, 0.1) is 0 Å². The molecule has 142 valence electrons. The second-order valence-corrected chi connectivity index (χ2v) is 8.71. The number of hydrogen-bond donors (Lipinski definition) is 1. The van der Waals surface area contributed by atoms with Crippen LogP contribution in [0.15, 0.2) is 42.5 Å². The molecule has 3 aromatic rings. The third-order valence-corrected chi connectivity index (χ3v) is 5.87. The Morgan fingerprint density at radius 3 is 2.30 bits per heavy atom. The Hall–Kier alpha value is -2.20. The Bertz CT molecular complexity index is 868. The zero-order chi connectivity index (χ0) is 19.4. The number of carbonyl (C=O) groups excluding carboxylic acids is 1. The Balaban J connectivity index is 1.64. The number of fused-ring (bicyclic) bond motifs is 1. The molecule has 1 N–H and O–H groups in total. The fourth-order valence-electron chi connectivity index (χ4n) is 3.32. The number of thiazole rings is 1. The fourth-order valence-corrected chi connectivity index (χ4v) is 4.33. The van der Waals surface area contributed by atoms with Gasteiger partial charge in [-0.1, -0.05) is 58.0 Å². The van der Waals surface area contributed by atoms with Crippen molar-refractivity contribution in [3.63, 3.8) is 0 Å². The van der Waals surface area contributed by atoms with Gasteiger partial charge in [-0.2, -0.15) is 0 Å². The molecule has 0 unspecified atom stereocenters. The lowest BCUT2D eigenvalue weighted by Crippen LogP contribution is -2.15. The summed E-state index contributed by atoms with van der Waals surface area (Å²) in [5, 5.41) is 4.30. The van der Waals surface area contributed by atoms with E-state index in [4.69, 9.17) is 0 Å². The van der Waals surface area contributed by atoms with Gasteiger partial charge in [0.15, 0.2) is 0 Å². The maximum absolute atomic E-state index is 12.6. The number of anilines is 1. The lowest BCUT2D eigenvalue weighted by molar-refractivity contribution is -0.116. The van der Waals surface area contributed by atoms with Crippen molar-refractivity contribution in [1.29, 1.82) is 0 Å². The average molecular weight is 381 g/mol. The summed E-state index contributed by atoms with van der Waals surface area (Å²) in [6.45, 7) is 8.68. The monoisotopic (exact) mass is 380 g/mol. The number of hydrogen-bond acceptors (Lipinski definition) is 3. The van der Waals surface area contributed by atoms with Crippen LogP contribution in [-0.4, -0.2) is 10.9 Å². The number of benzene rings is 2. The first kappa shape index (κ1) is 19.6. The number of nitrogens with one attached hydrogen (secondary N) is 1. The molecule has 2 aromatic carbocycles. The second kappa shape index (κ2) is 8.66. The highest BCUT2D eigenvalue weighted by Crippen LogP contribution is 2.32. The van der Waals surface area contributed by atoms with Crippen molar-refractivity contribution in [2.75, 3.05) is 5.32 Å². The van der Waals surface area contributed by atoms with E-state index in [1.54, 1.807) is 11.3 Å². The SMILES string of the molecule is CC(C)c1cccc(C(C)C)c1NC(=O)CCCc1nc2ccccc2s1. The normalized spacial score (nSPS) is 11.5. The number of aromatic nitrogens is 1. The third kappa shape index (κ3) is 4.75. The molecule has 0 radical (unpaired) electrons. The van der Waals surface area contributed by atoms with Crippen molar-refractivity contribution < 1.29 is 4.79 Å². The molecule has 1 amide bonds. The van der Waals surface area contributed by atoms with Gasteiger partial charge in [0.1, 0.15) is 0 Å². The summed E-state index contributed by atoms with van der Waals surface area (Å²) in [6, 6.07) is 14.5. The molecule has 0 bridgehead atoms. The van der Waals surface area contributed by atoms with Crippen molar-refractivity contribution in [3.05, 3.63) is 58.6 Å². The van der Waals surface area contributed by atoms with Crippen molar-refractivity contribution >= 4 is 33.1 Å². The topological polar surface area (TPSA) is 42.0 Å². The largest absolute Gasteiger partial charge is 0.326 e. The molecule has 3 rings (SSSR count). The Labute approximate surface area is 165 Å². The molecular weight excluding hydrogens is 352 g/mol. The first-order valence-electron chi connectivity index (χ1n) is 9.72. The molecule has 0 saturated heterocycles. The van der Waals surface area contributed by atoms with Gasteiger partial charge < -0.3 is 5.32 Å². The first-order chi connectivity index (χ1) is 13.0. The molecule has 0 spiro atoms. The number of carbonyl (C=O) groups is 1. The molecule has 0 atom stereocenters. The van der Waals surface area contributed by atoms with Crippen molar-refractivity contribution in [3.8, 4) is 0 Å². The standard InChI is InChI=1S/C23H28N2OS/c1-15(2)17-9-7-10-18(16(3)4)23(17)25-21(26)13-8-14-22-24-19-11-5-6-12-20(19)27-22/h5-7,9-12,15-16H,8,13-14H2,1-4H3,(H,25,26). The second-order valence-electron chi connectivity index (χ2n) is 7.60. The molecule has 0 aliphatic rings. The first-order valence-corrected chi connectivity index (χ1v) is 10.5. The summed E-state index contributed by atoms with van der Waals surface area (Å²) in [6.07, 6.45) is 2.17. The zero-order valence-corrected chi connectivity index (χ0v) is 17.4. The molecule has 0 aliphatic heterocycles. The number of aryl methyl sites for hydroxylation is 1. The molecule has 27 heavy (non-hydrogen) atoms. The van der Waals surface area contributed by atoms with Gasteiger partial charge >= 0.3 is 0 Å². The van der Waals surface area contributed by atoms with E-state index in [0.717, 1.165) is 29.1 Å². The molecule has 3 nitrogen and oxygen atoms in total. The minimum absolute atomic E-state index is 0.0890. The lowest BCUT2D eigenvalue weighted by atomic mass is 9.92. The molecule has 1 aromatic heterocycles. The average Bonchev–Trinajstić information content (AvgIpc) is 3.04.